The van der Waals surface area contributed by atoms with Crippen molar-refractivity contribution in [2.24, 2.45) is 0 Å². The first-order valence-corrected chi connectivity index (χ1v) is 8.14. The second-order valence-corrected chi connectivity index (χ2v) is 6.34. The summed E-state index contributed by atoms with van der Waals surface area (Å²) in [7, 11) is 0. The highest BCUT2D eigenvalue weighted by molar-refractivity contribution is 9.10. The van der Waals surface area contributed by atoms with Crippen LogP contribution in [-0.2, 0) is 4.74 Å². The first-order valence-electron chi connectivity index (χ1n) is 6.47. The third-order valence-electron chi connectivity index (χ3n) is 2.86. The monoisotopic (exact) mass is 378 g/mol. The largest absolute Gasteiger partial charge is 0.449 e. The van der Waals surface area contributed by atoms with Crippen LogP contribution >= 0.6 is 27.3 Å². The molecular formula is C15H11BrN2O3S. The van der Waals surface area contributed by atoms with Crippen LogP contribution in [0.4, 0.5) is 0 Å². The maximum atomic E-state index is 12.1. The molecule has 0 aliphatic carbocycles. The van der Waals surface area contributed by atoms with Crippen LogP contribution in [0, 0.1) is 0 Å². The molecule has 0 N–H and O–H groups in total. The molecule has 2 heterocycles. The fourth-order valence-electron chi connectivity index (χ4n) is 1.79. The maximum Gasteiger partial charge on any atom is 0.338 e. The molecule has 112 valence electrons. The normalized spacial score (nSPS) is 12.1. The van der Waals surface area contributed by atoms with Gasteiger partial charge >= 0.3 is 5.97 Å². The van der Waals surface area contributed by atoms with Gasteiger partial charge in [-0.3, -0.25) is 0 Å². The summed E-state index contributed by atoms with van der Waals surface area (Å²) < 4.78 is 11.7. The van der Waals surface area contributed by atoms with Crippen LogP contribution in [0.2, 0.25) is 0 Å². The van der Waals surface area contributed by atoms with Crippen LogP contribution in [-0.4, -0.2) is 16.2 Å². The average Bonchev–Trinajstić information content (AvgIpc) is 3.18. The van der Waals surface area contributed by atoms with Gasteiger partial charge in [0.15, 0.2) is 6.10 Å². The molecule has 0 bridgehead atoms. The third kappa shape index (κ3) is 3.26. The minimum Gasteiger partial charge on any atom is -0.449 e. The zero-order chi connectivity index (χ0) is 15.5. The molecule has 3 aromatic rings. The first-order chi connectivity index (χ1) is 10.6. The van der Waals surface area contributed by atoms with E-state index >= 15 is 0 Å². The van der Waals surface area contributed by atoms with E-state index in [9.17, 15) is 4.79 Å². The molecule has 0 radical (unpaired) electrons. The summed E-state index contributed by atoms with van der Waals surface area (Å²) in [5, 5.41) is 9.84. The zero-order valence-electron chi connectivity index (χ0n) is 11.5. The summed E-state index contributed by atoms with van der Waals surface area (Å²) in [5.41, 5.74) is 0.458. The fraction of sp³-hybridized carbons (Fsp3) is 0.133. The number of benzene rings is 1. The number of rotatable bonds is 4. The Morgan fingerprint density at radius 2 is 2.18 bits per heavy atom. The molecule has 0 spiro atoms. The molecule has 7 heteroatoms. The first kappa shape index (κ1) is 14.9. The molecule has 0 amide bonds. The molecule has 2 aromatic heterocycles. The highest BCUT2D eigenvalue weighted by atomic mass is 79.9. The molecular weight excluding hydrogens is 368 g/mol. The van der Waals surface area contributed by atoms with Crippen molar-refractivity contribution in [1.82, 2.24) is 10.2 Å². The Bertz CT molecular complexity index is 786. The van der Waals surface area contributed by atoms with Crippen LogP contribution in [0.15, 0.2) is 50.7 Å². The number of ether oxygens (including phenoxy) is 1. The topological polar surface area (TPSA) is 65.2 Å². The van der Waals surface area contributed by atoms with Gasteiger partial charge in [0.05, 0.1) is 10.4 Å². The second-order valence-electron chi connectivity index (χ2n) is 4.48. The summed E-state index contributed by atoms with van der Waals surface area (Å²) in [6.45, 7) is 1.70. The number of carbonyl (C=O) groups excluding carboxylic acids is 1. The summed E-state index contributed by atoms with van der Waals surface area (Å²) in [6.07, 6.45) is -0.618. The molecule has 0 saturated heterocycles. The van der Waals surface area contributed by atoms with Crippen molar-refractivity contribution in [2.45, 2.75) is 13.0 Å². The molecule has 0 fully saturated rings. The summed E-state index contributed by atoms with van der Waals surface area (Å²) >= 11 is 4.82. The van der Waals surface area contributed by atoms with Gasteiger partial charge in [-0.15, -0.1) is 21.5 Å². The smallest absolute Gasteiger partial charge is 0.338 e. The summed E-state index contributed by atoms with van der Waals surface area (Å²) in [5.74, 6) is 0.256. The quantitative estimate of drug-likeness (QED) is 0.626. The molecule has 1 aromatic carbocycles. The summed E-state index contributed by atoms with van der Waals surface area (Å²) in [4.78, 5) is 13.0. The molecule has 5 nitrogen and oxygen atoms in total. The zero-order valence-corrected chi connectivity index (χ0v) is 13.9. The molecule has 3 rings (SSSR count). The van der Waals surface area contributed by atoms with Crippen LogP contribution in [0.25, 0.3) is 10.8 Å². The van der Waals surface area contributed by atoms with Crippen molar-refractivity contribution < 1.29 is 13.9 Å². The van der Waals surface area contributed by atoms with Gasteiger partial charge < -0.3 is 9.15 Å². The number of esters is 1. The lowest BCUT2D eigenvalue weighted by Crippen LogP contribution is -2.09. The molecule has 0 aliphatic rings. The highest BCUT2D eigenvalue weighted by Gasteiger charge is 2.20. The van der Waals surface area contributed by atoms with Crippen LogP contribution in [0.5, 0.6) is 0 Å². The van der Waals surface area contributed by atoms with Gasteiger partial charge in [0.2, 0.25) is 0 Å². The number of carbonyl (C=O) groups is 1. The Morgan fingerprint density at radius 1 is 1.32 bits per heavy atom. The van der Waals surface area contributed by atoms with Crippen molar-refractivity contribution in [3.8, 4) is 10.8 Å². The van der Waals surface area contributed by atoms with E-state index in [0.29, 0.717) is 11.5 Å². The Balaban J connectivity index is 1.72. The Hall–Kier alpha value is -1.99. The lowest BCUT2D eigenvalue weighted by Gasteiger charge is -2.09. The number of hydrogen-bond acceptors (Lipinski definition) is 6. The second kappa shape index (κ2) is 6.41. The maximum absolute atomic E-state index is 12.1. The van der Waals surface area contributed by atoms with Gasteiger partial charge in [-0.1, -0.05) is 28.1 Å². The van der Waals surface area contributed by atoms with Gasteiger partial charge in [0, 0.05) is 4.47 Å². The van der Waals surface area contributed by atoms with Crippen molar-refractivity contribution in [2.75, 3.05) is 0 Å². The molecule has 22 heavy (non-hydrogen) atoms. The summed E-state index contributed by atoms with van der Waals surface area (Å²) in [6, 6.07) is 10.8. The van der Waals surface area contributed by atoms with Gasteiger partial charge in [0.1, 0.15) is 0 Å². The van der Waals surface area contributed by atoms with E-state index in [1.54, 1.807) is 25.1 Å². The molecule has 1 unspecified atom stereocenters. The van der Waals surface area contributed by atoms with E-state index < -0.39 is 12.1 Å². The van der Waals surface area contributed by atoms with Gasteiger partial charge in [-0.05, 0) is 36.6 Å². The lowest BCUT2D eigenvalue weighted by atomic mass is 10.2. The van der Waals surface area contributed by atoms with Crippen LogP contribution < -0.4 is 0 Å². The van der Waals surface area contributed by atoms with Crippen molar-refractivity contribution >= 4 is 33.2 Å². The Labute approximate surface area is 139 Å². The average molecular weight is 379 g/mol. The minimum atomic E-state index is -0.618. The van der Waals surface area contributed by atoms with Gasteiger partial charge in [0.25, 0.3) is 11.8 Å². The minimum absolute atomic E-state index is 0.270. The van der Waals surface area contributed by atoms with E-state index in [4.69, 9.17) is 9.15 Å². The van der Waals surface area contributed by atoms with Gasteiger partial charge in [-0.25, -0.2) is 4.79 Å². The van der Waals surface area contributed by atoms with Crippen molar-refractivity contribution in [3.05, 3.63) is 57.7 Å². The Kier molecular flexibility index (Phi) is 4.35. The Morgan fingerprint density at radius 3 is 2.91 bits per heavy atom. The van der Waals surface area contributed by atoms with Crippen LogP contribution in [0.3, 0.4) is 0 Å². The predicted molar refractivity (Wildman–Crippen MR) is 85.6 cm³/mol. The standard InChI is InChI=1S/C15H11BrN2O3S/c1-9(20-15(19)10-4-2-5-11(16)8-10)13-17-18-14(21-13)12-6-3-7-22-12/h2-9H,1H3. The van der Waals surface area contributed by atoms with Gasteiger partial charge in [-0.2, -0.15) is 0 Å². The number of aromatic nitrogens is 2. The van der Waals surface area contributed by atoms with Crippen molar-refractivity contribution in [1.29, 1.82) is 0 Å². The van der Waals surface area contributed by atoms with Crippen LogP contribution in [0.1, 0.15) is 29.3 Å². The number of halogens is 1. The van der Waals surface area contributed by atoms with E-state index in [-0.39, 0.29) is 5.89 Å². The molecule has 0 aliphatic heterocycles. The number of nitrogens with zero attached hydrogens (tertiary/aromatic N) is 2. The number of hydrogen-bond donors (Lipinski definition) is 0. The molecule has 1 atom stereocenters. The van der Waals surface area contributed by atoms with E-state index in [2.05, 4.69) is 26.1 Å². The van der Waals surface area contributed by atoms with E-state index in [0.717, 1.165) is 9.35 Å². The van der Waals surface area contributed by atoms with E-state index in [1.807, 2.05) is 23.6 Å². The predicted octanol–water partition coefficient (Wildman–Crippen LogP) is 4.48. The SMILES string of the molecule is CC(OC(=O)c1cccc(Br)c1)c1nnc(-c2cccs2)o1. The lowest BCUT2D eigenvalue weighted by molar-refractivity contribution is 0.0280. The third-order valence-corrected chi connectivity index (χ3v) is 4.22. The number of thiophene rings is 1. The molecule has 0 saturated carbocycles. The van der Waals surface area contributed by atoms with Crippen molar-refractivity contribution in [3.63, 3.8) is 0 Å². The van der Waals surface area contributed by atoms with E-state index in [1.165, 1.54) is 11.3 Å². The highest BCUT2D eigenvalue weighted by Crippen LogP contribution is 2.26. The fourth-order valence-corrected chi connectivity index (χ4v) is 2.84.